The van der Waals surface area contributed by atoms with Crippen LogP contribution in [0.2, 0.25) is 0 Å². The van der Waals surface area contributed by atoms with Crippen molar-refractivity contribution in [1.82, 2.24) is 0 Å². The Morgan fingerprint density at radius 1 is 1.28 bits per heavy atom. The van der Waals surface area contributed by atoms with Crippen LogP contribution in [0.5, 0.6) is 0 Å². The summed E-state index contributed by atoms with van der Waals surface area (Å²) in [5.41, 5.74) is 3.75. The van der Waals surface area contributed by atoms with Crippen molar-refractivity contribution in [3.8, 4) is 0 Å². The lowest BCUT2D eigenvalue weighted by Gasteiger charge is -2.38. The van der Waals surface area contributed by atoms with E-state index in [9.17, 15) is 9.59 Å². The molecule has 3 rings (SSSR count). The van der Waals surface area contributed by atoms with E-state index in [4.69, 9.17) is 5.73 Å². The standard InChI is InChI=1S/C12H17N3O2.ClH/c1-11(10(13)17,7-2-3-7)9(16)12(6-14-15-12)8-4-5-8;/h7-8H,2-6H2,1H3,(H2,13,17);1H. The Bertz CT molecular complexity index is 431. The number of carbonyl (C=O) groups is 2. The maximum atomic E-state index is 12.7. The minimum Gasteiger partial charge on any atom is -0.369 e. The smallest absolute Gasteiger partial charge is 0.231 e. The summed E-state index contributed by atoms with van der Waals surface area (Å²) >= 11 is 0. The number of ketones is 1. The summed E-state index contributed by atoms with van der Waals surface area (Å²) < 4.78 is 0. The lowest BCUT2D eigenvalue weighted by atomic mass is 9.69. The summed E-state index contributed by atoms with van der Waals surface area (Å²) in [5, 5.41) is 7.95. The molecule has 1 heterocycles. The second-order valence-corrected chi connectivity index (χ2v) is 5.77. The molecule has 2 atom stereocenters. The number of Topliss-reactive ketones (excluding diaryl/α,β-unsaturated/α-hetero) is 1. The molecule has 0 aromatic heterocycles. The molecule has 2 unspecified atom stereocenters. The van der Waals surface area contributed by atoms with Gasteiger partial charge in [-0.05, 0) is 44.4 Å². The van der Waals surface area contributed by atoms with E-state index in [1.54, 1.807) is 6.92 Å². The van der Waals surface area contributed by atoms with Crippen LogP contribution in [-0.2, 0) is 9.59 Å². The minimum absolute atomic E-state index is 0. The van der Waals surface area contributed by atoms with Gasteiger partial charge < -0.3 is 5.73 Å². The molecule has 0 saturated heterocycles. The summed E-state index contributed by atoms with van der Waals surface area (Å²) in [7, 11) is 0. The van der Waals surface area contributed by atoms with Gasteiger partial charge in [0.1, 0.15) is 5.41 Å². The van der Waals surface area contributed by atoms with Crippen molar-refractivity contribution in [2.24, 2.45) is 33.2 Å². The summed E-state index contributed by atoms with van der Waals surface area (Å²) in [6.45, 7) is 2.15. The van der Waals surface area contributed by atoms with Crippen LogP contribution in [0.4, 0.5) is 0 Å². The average molecular weight is 272 g/mol. The first-order valence-corrected chi connectivity index (χ1v) is 6.25. The SMILES string of the molecule is CC(C(N)=O)(C(=O)C1(C2CC2)CN=N1)C1CC1.Cl. The first-order valence-electron chi connectivity index (χ1n) is 6.25. The zero-order valence-corrected chi connectivity index (χ0v) is 11.2. The quantitative estimate of drug-likeness (QED) is 0.768. The molecule has 0 bridgehead atoms. The van der Waals surface area contributed by atoms with Gasteiger partial charge in [-0.3, -0.25) is 9.59 Å². The van der Waals surface area contributed by atoms with Gasteiger partial charge in [0.15, 0.2) is 11.3 Å². The van der Waals surface area contributed by atoms with E-state index in [2.05, 4.69) is 10.2 Å². The molecule has 5 nitrogen and oxygen atoms in total. The topological polar surface area (TPSA) is 84.9 Å². The molecule has 2 N–H and O–H groups in total. The van der Waals surface area contributed by atoms with Crippen molar-refractivity contribution in [2.75, 3.05) is 6.54 Å². The van der Waals surface area contributed by atoms with Crippen LogP contribution >= 0.6 is 12.4 Å². The minimum atomic E-state index is -1.03. The Labute approximate surface area is 112 Å². The van der Waals surface area contributed by atoms with Gasteiger partial charge in [-0.25, -0.2) is 0 Å². The van der Waals surface area contributed by atoms with Gasteiger partial charge in [-0.15, -0.1) is 12.4 Å². The van der Waals surface area contributed by atoms with E-state index in [0.717, 1.165) is 25.7 Å². The fourth-order valence-electron chi connectivity index (χ4n) is 2.91. The summed E-state index contributed by atoms with van der Waals surface area (Å²) in [4.78, 5) is 24.4. The molecule has 1 amide bonds. The van der Waals surface area contributed by atoms with E-state index >= 15 is 0 Å². The maximum Gasteiger partial charge on any atom is 0.231 e. The van der Waals surface area contributed by atoms with Crippen LogP contribution in [0, 0.1) is 17.3 Å². The third-order valence-corrected chi connectivity index (χ3v) is 4.58. The number of halogens is 1. The van der Waals surface area contributed by atoms with Crippen LogP contribution in [-0.4, -0.2) is 23.8 Å². The third kappa shape index (κ3) is 1.60. The third-order valence-electron chi connectivity index (χ3n) is 4.58. The fourth-order valence-corrected chi connectivity index (χ4v) is 2.91. The predicted molar refractivity (Wildman–Crippen MR) is 67.5 cm³/mol. The molecular weight excluding hydrogens is 254 g/mol. The Balaban J connectivity index is 0.00000120. The Morgan fingerprint density at radius 2 is 1.83 bits per heavy atom. The number of hydrogen-bond donors (Lipinski definition) is 1. The number of nitrogens with two attached hydrogens (primary N) is 1. The number of hydrogen-bond acceptors (Lipinski definition) is 4. The highest BCUT2D eigenvalue weighted by Crippen LogP contribution is 2.54. The molecule has 2 fully saturated rings. The fraction of sp³-hybridized carbons (Fsp3) is 0.833. The monoisotopic (exact) mass is 271 g/mol. The van der Waals surface area contributed by atoms with Crippen LogP contribution in [0.25, 0.3) is 0 Å². The van der Waals surface area contributed by atoms with Gasteiger partial charge in [0.2, 0.25) is 5.91 Å². The normalized spacial score (nSPS) is 32.9. The number of amides is 1. The molecule has 0 aromatic carbocycles. The Morgan fingerprint density at radius 3 is 2.11 bits per heavy atom. The number of carbonyl (C=O) groups excluding carboxylic acids is 2. The summed E-state index contributed by atoms with van der Waals surface area (Å²) in [6.07, 6.45) is 3.88. The van der Waals surface area contributed by atoms with E-state index in [1.165, 1.54) is 0 Å². The first kappa shape index (κ1) is 13.5. The highest BCUT2D eigenvalue weighted by Gasteiger charge is 2.64. The largest absolute Gasteiger partial charge is 0.369 e. The van der Waals surface area contributed by atoms with Crippen molar-refractivity contribution >= 4 is 24.1 Å². The average Bonchev–Trinajstić information content (AvgIpc) is 3.04. The molecule has 6 heteroatoms. The van der Waals surface area contributed by atoms with Gasteiger partial charge in [0.25, 0.3) is 0 Å². The van der Waals surface area contributed by atoms with Crippen molar-refractivity contribution in [3.05, 3.63) is 0 Å². The van der Waals surface area contributed by atoms with Gasteiger partial charge in [0.05, 0.1) is 6.54 Å². The molecule has 100 valence electrons. The number of nitrogens with zero attached hydrogens (tertiary/aromatic N) is 2. The van der Waals surface area contributed by atoms with Gasteiger partial charge in [0, 0.05) is 0 Å². The molecule has 0 aromatic rings. The highest BCUT2D eigenvalue weighted by molar-refractivity contribution is 6.10. The molecule has 2 saturated carbocycles. The van der Waals surface area contributed by atoms with Crippen LogP contribution in [0.15, 0.2) is 10.2 Å². The highest BCUT2D eigenvalue weighted by atomic mass is 35.5. The van der Waals surface area contributed by atoms with Crippen LogP contribution < -0.4 is 5.73 Å². The van der Waals surface area contributed by atoms with Gasteiger partial charge >= 0.3 is 0 Å². The predicted octanol–water partition coefficient (Wildman–Crippen LogP) is 1.49. The second kappa shape index (κ2) is 4.02. The van der Waals surface area contributed by atoms with Crippen molar-refractivity contribution in [1.29, 1.82) is 0 Å². The number of azo groups is 1. The molecular formula is C12H18ClN3O2. The second-order valence-electron chi connectivity index (χ2n) is 5.77. The van der Waals surface area contributed by atoms with Crippen molar-refractivity contribution in [3.63, 3.8) is 0 Å². The van der Waals surface area contributed by atoms with Crippen molar-refractivity contribution in [2.45, 2.75) is 38.1 Å². The zero-order valence-electron chi connectivity index (χ0n) is 10.4. The summed E-state index contributed by atoms with van der Waals surface area (Å²) in [6, 6.07) is 0. The molecule has 0 spiro atoms. The first-order chi connectivity index (χ1) is 8.02. The van der Waals surface area contributed by atoms with E-state index in [0.29, 0.717) is 12.5 Å². The van der Waals surface area contributed by atoms with Gasteiger partial charge in [-0.2, -0.15) is 10.2 Å². The van der Waals surface area contributed by atoms with E-state index in [-0.39, 0.29) is 24.1 Å². The lowest BCUT2D eigenvalue weighted by Crippen LogP contribution is -2.58. The van der Waals surface area contributed by atoms with E-state index < -0.39 is 16.9 Å². The number of primary amides is 1. The zero-order chi connectivity index (χ0) is 12.3. The maximum absolute atomic E-state index is 12.7. The van der Waals surface area contributed by atoms with E-state index in [1.807, 2.05) is 0 Å². The Kier molecular flexibility index (Phi) is 3.00. The van der Waals surface area contributed by atoms with Crippen molar-refractivity contribution < 1.29 is 9.59 Å². The lowest BCUT2D eigenvalue weighted by molar-refractivity contribution is -0.145. The molecule has 18 heavy (non-hydrogen) atoms. The molecule has 1 aliphatic heterocycles. The molecule has 2 aliphatic carbocycles. The summed E-state index contributed by atoms with van der Waals surface area (Å²) in [5.74, 6) is -0.145. The molecule has 3 aliphatic rings. The van der Waals surface area contributed by atoms with Gasteiger partial charge in [-0.1, -0.05) is 0 Å². The molecule has 0 radical (unpaired) electrons. The number of rotatable bonds is 5. The van der Waals surface area contributed by atoms with Crippen LogP contribution in [0.1, 0.15) is 32.6 Å². The van der Waals surface area contributed by atoms with Crippen LogP contribution in [0.3, 0.4) is 0 Å². The Hall–Kier alpha value is -0.970.